The summed E-state index contributed by atoms with van der Waals surface area (Å²) in [5.41, 5.74) is 1.91. The molecule has 0 unspecified atom stereocenters. The number of fused-ring (bicyclic) bond motifs is 1. The van der Waals surface area contributed by atoms with Crippen molar-refractivity contribution in [2.45, 2.75) is 31.8 Å². The zero-order valence-corrected chi connectivity index (χ0v) is 19.3. The van der Waals surface area contributed by atoms with Crippen LogP contribution in [0.4, 0.5) is 0 Å². The van der Waals surface area contributed by atoms with Gasteiger partial charge in [0.15, 0.2) is 0 Å². The fourth-order valence-electron chi connectivity index (χ4n) is 3.43. The van der Waals surface area contributed by atoms with E-state index in [-0.39, 0.29) is 27.8 Å². The highest BCUT2D eigenvalue weighted by Gasteiger charge is 2.25. The molecule has 0 aliphatic heterocycles. The summed E-state index contributed by atoms with van der Waals surface area (Å²) in [6.45, 7) is 1.83. The van der Waals surface area contributed by atoms with E-state index in [0.717, 1.165) is 5.56 Å². The molecule has 0 aliphatic rings. The summed E-state index contributed by atoms with van der Waals surface area (Å²) in [6.07, 6.45) is 6.32. The average Bonchev–Trinajstić information content (AvgIpc) is 3.40. The predicted octanol–water partition coefficient (Wildman–Crippen LogP) is 3.97. The highest BCUT2D eigenvalue weighted by molar-refractivity contribution is 6.41. The summed E-state index contributed by atoms with van der Waals surface area (Å²) >= 11 is 11.9. The van der Waals surface area contributed by atoms with Crippen molar-refractivity contribution >= 4 is 40.8 Å². The number of benzene rings is 1. The molecule has 0 aliphatic carbocycles. The second kappa shape index (κ2) is 10.1. The van der Waals surface area contributed by atoms with E-state index in [1.807, 2.05) is 49.6 Å². The molecule has 33 heavy (non-hydrogen) atoms. The molecule has 2 amide bonds. The summed E-state index contributed by atoms with van der Waals surface area (Å²) in [5, 5.41) is 6.14. The molecular weight excluding hydrogens is 463 g/mol. The van der Waals surface area contributed by atoms with E-state index in [1.54, 1.807) is 16.7 Å². The number of nitrogens with zero attached hydrogens (tertiary/aromatic N) is 3. The molecular formula is C23H22Cl2N6O2. The third-order valence-corrected chi connectivity index (χ3v) is 5.91. The van der Waals surface area contributed by atoms with Gasteiger partial charge in [0, 0.05) is 18.6 Å². The van der Waals surface area contributed by atoms with Crippen LogP contribution in [-0.2, 0) is 11.2 Å². The Labute approximate surface area is 200 Å². The van der Waals surface area contributed by atoms with E-state index >= 15 is 0 Å². The SMILES string of the molecule is C[C@@H](NC(=O)[C@H](CCc1ccccc1)NC(=O)c1cc(Cl)c(Cl)[nH]1)c1cn2cccnc2n1. The third-order valence-electron chi connectivity index (χ3n) is 5.21. The van der Waals surface area contributed by atoms with Crippen LogP contribution in [0.3, 0.4) is 0 Å². The number of nitrogens with one attached hydrogen (secondary N) is 3. The third kappa shape index (κ3) is 5.53. The predicted molar refractivity (Wildman–Crippen MR) is 126 cm³/mol. The van der Waals surface area contributed by atoms with Crippen molar-refractivity contribution in [3.8, 4) is 0 Å². The molecule has 10 heteroatoms. The van der Waals surface area contributed by atoms with Crippen LogP contribution in [0, 0.1) is 0 Å². The Morgan fingerprint density at radius 2 is 1.94 bits per heavy atom. The first-order valence-electron chi connectivity index (χ1n) is 10.4. The Balaban J connectivity index is 1.48. The lowest BCUT2D eigenvalue weighted by Gasteiger charge is -2.20. The van der Waals surface area contributed by atoms with Gasteiger partial charge in [-0.05, 0) is 37.5 Å². The van der Waals surface area contributed by atoms with E-state index in [9.17, 15) is 9.59 Å². The van der Waals surface area contributed by atoms with Crippen molar-refractivity contribution < 1.29 is 9.59 Å². The first-order valence-corrected chi connectivity index (χ1v) is 11.1. The van der Waals surface area contributed by atoms with Gasteiger partial charge in [-0.25, -0.2) is 9.97 Å². The molecule has 0 saturated carbocycles. The van der Waals surface area contributed by atoms with Crippen molar-refractivity contribution in [3.63, 3.8) is 0 Å². The number of aryl methyl sites for hydroxylation is 1. The van der Waals surface area contributed by atoms with E-state index in [2.05, 4.69) is 25.6 Å². The molecule has 8 nitrogen and oxygen atoms in total. The molecule has 3 N–H and O–H groups in total. The first kappa shape index (κ1) is 22.8. The monoisotopic (exact) mass is 484 g/mol. The summed E-state index contributed by atoms with van der Waals surface area (Å²) in [6, 6.07) is 11.8. The van der Waals surface area contributed by atoms with Crippen molar-refractivity contribution in [3.05, 3.63) is 88.2 Å². The van der Waals surface area contributed by atoms with Gasteiger partial charge in [-0.2, -0.15) is 0 Å². The number of aromatic amines is 1. The maximum Gasteiger partial charge on any atom is 0.268 e. The Morgan fingerprint density at radius 3 is 2.64 bits per heavy atom. The molecule has 3 aromatic heterocycles. The largest absolute Gasteiger partial charge is 0.346 e. The van der Waals surface area contributed by atoms with Crippen molar-refractivity contribution in [2.24, 2.45) is 0 Å². The lowest BCUT2D eigenvalue weighted by atomic mass is 10.0. The van der Waals surface area contributed by atoms with Gasteiger partial charge in [0.25, 0.3) is 5.91 Å². The molecule has 3 heterocycles. The maximum atomic E-state index is 13.2. The number of H-pyrrole nitrogens is 1. The van der Waals surface area contributed by atoms with Gasteiger partial charge in [0.05, 0.1) is 16.8 Å². The van der Waals surface area contributed by atoms with Crippen LogP contribution in [-0.4, -0.2) is 37.2 Å². The van der Waals surface area contributed by atoms with Gasteiger partial charge in [0.2, 0.25) is 11.7 Å². The second-order valence-electron chi connectivity index (χ2n) is 7.62. The molecule has 4 aromatic rings. The van der Waals surface area contributed by atoms with Gasteiger partial charge in [-0.1, -0.05) is 53.5 Å². The van der Waals surface area contributed by atoms with E-state index in [1.165, 1.54) is 6.07 Å². The zero-order valence-electron chi connectivity index (χ0n) is 17.8. The summed E-state index contributed by atoms with van der Waals surface area (Å²) in [5.74, 6) is -0.245. The van der Waals surface area contributed by atoms with Crippen molar-refractivity contribution in [2.75, 3.05) is 0 Å². The minimum absolute atomic E-state index is 0.168. The minimum atomic E-state index is -0.781. The summed E-state index contributed by atoms with van der Waals surface area (Å²) in [7, 11) is 0. The van der Waals surface area contributed by atoms with Crippen LogP contribution in [0.25, 0.3) is 5.78 Å². The Hall–Kier alpha value is -3.36. The second-order valence-corrected chi connectivity index (χ2v) is 8.40. The van der Waals surface area contributed by atoms with Gasteiger partial charge in [0.1, 0.15) is 16.9 Å². The number of carbonyl (C=O) groups excluding carboxylic acids is 2. The molecule has 0 saturated heterocycles. The molecule has 1 aromatic carbocycles. The molecule has 0 bridgehead atoms. The van der Waals surface area contributed by atoms with Crippen LogP contribution in [0.1, 0.15) is 41.1 Å². The Kier molecular flexibility index (Phi) is 6.96. The number of rotatable bonds is 8. The van der Waals surface area contributed by atoms with E-state index in [4.69, 9.17) is 23.2 Å². The lowest BCUT2D eigenvalue weighted by molar-refractivity contribution is -0.123. The number of halogens is 2. The topological polar surface area (TPSA) is 104 Å². The van der Waals surface area contributed by atoms with Gasteiger partial charge >= 0.3 is 0 Å². The van der Waals surface area contributed by atoms with Gasteiger partial charge in [-0.15, -0.1) is 0 Å². The number of carbonyl (C=O) groups is 2. The minimum Gasteiger partial charge on any atom is -0.346 e. The van der Waals surface area contributed by atoms with E-state index < -0.39 is 11.9 Å². The first-order chi connectivity index (χ1) is 15.9. The lowest BCUT2D eigenvalue weighted by Crippen LogP contribution is -2.47. The normalized spacial score (nSPS) is 12.9. The fraction of sp³-hybridized carbons (Fsp3) is 0.217. The fourth-order valence-corrected chi connectivity index (χ4v) is 3.74. The van der Waals surface area contributed by atoms with Crippen LogP contribution >= 0.6 is 23.2 Å². The van der Waals surface area contributed by atoms with E-state index in [0.29, 0.717) is 24.3 Å². The maximum absolute atomic E-state index is 13.2. The summed E-state index contributed by atoms with van der Waals surface area (Å²) < 4.78 is 1.78. The van der Waals surface area contributed by atoms with Crippen LogP contribution in [0.2, 0.25) is 10.2 Å². The number of amides is 2. The zero-order chi connectivity index (χ0) is 23.4. The van der Waals surface area contributed by atoms with Crippen molar-refractivity contribution in [1.29, 1.82) is 0 Å². The summed E-state index contributed by atoms with van der Waals surface area (Å²) in [4.78, 5) is 37.3. The molecule has 170 valence electrons. The molecule has 4 rings (SSSR count). The number of hydrogen-bond donors (Lipinski definition) is 3. The van der Waals surface area contributed by atoms with Crippen molar-refractivity contribution in [1.82, 2.24) is 30.0 Å². The molecule has 0 radical (unpaired) electrons. The average molecular weight is 485 g/mol. The quantitative estimate of drug-likeness (QED) is 0.351. The molecule has 0 fully saturated rings. The smallest absolute Gasteiger partial charge is 0.268 e. The highest BCUT2D eigenvalue weighted by Crippen LogP contribution is 2.22. The standard InChI is InChI=1S/C23H22Cl2N6O2/c1-14(19-13-31-11-5-10-26-23(31)30-19)27-21(32)17(9-8-15-6-3-2-4-7-15)29-22(33)18-12-16(24)20(25)28-18/h2-7,10-14,17,28H,8-9H2,1H3,(H,27,32)(H,29,33)/t14-,17+/m1/s1. The molecule has 0 spiro atoms. The number of imidazole rings is 1. The van der Waals surface area contributed by atoms with Gasteiger partial charge < -0.3 is 15.6 Å². The van der Waals surface area contributed by atoms with Crippen LogP contribution in [0.5, 0.6) is 0 Å². The number of hydrogen-bond acceptors (Lipinski definition) is 4. The molecule has 2 atom stereocenters. The Bertz CT molecular complexity index is 1220. The highest BCUT2D eigenvalue weighted by atomic mass is 35.5. The number of aromatic nitrogens is 4. The Morgan fingerprint density at radius 1 is 1.15 bits per heavy atom. The van der Waals surface area contributed by atoms with Crippen LogP contribution in [0.15, 0.2) is 61.1 Å². The van der Waals surface area contributed by atoms with Gasteiger partial charge in [-0.3, -0.25) is 14.0 Å². The van der Waals surface area contributed by atoms with Crippen LogP contribution < -0.4 is 10.6 Å².